The van der Waals surface area contributed by atoms with E-state index >= 15 is 0 Å². The van der Waals surface area contributed by atoms with Gasteiger partial charge >= 0.3 is 7.82 Å². The topological polar surface area (TPSA) is 202 Å². The number of nitrogens with zero attached hydrogens (tertiary/aromatic N) is 4. The van der Waals surface area contributed by atoms with E-state index in [1.54, 1.807) is 5.01 Å². The van der Waals surface area contributed by atoms with Crippen LogP contribution in [0.3, 0.4) is 0 Å². The van der Waals surface area contributed by atoms with Crippen LogP contribution >= 0.6 is 7.82 Å². The van der Waals surface area contributed by atoms with Crippen molar-refractivity contribution >= 4 is 20.0 Å². The van der Waals surface area contributed by atoms with Gasteiger partial charge in [-0.05, 0) is 31.9 Å². The van der Waals surface area contributed by atoms with Gasteiger partial charge in [-0.3, -0.25) is 14.1 Å². The number of amidine groups is 1. The molecular weight excluding hydrogens is 756 g/mol. The first-order chi connectivity index (χ1) is 27.5. The van der Waals surface area contributed by atoms with Gasteiger partial charge in [0, 0.05) is 12.2 Å². The standard InChI is InChI=1S/C41H65FN5O9P/c1-3-4-5-6-7-8-9-10-11-12-13-14-15-16-17-18-23-52-27-33(53-26-32-20-19-31(25-43)24-34(32)42)28-54-57(50,51)55-29-41(2)39(49)37(48)38(56-41)35-21-22-36-40(44)45-30-46-47(35)36/h19-20,22,24,30,33,35,37-39,48-49H,3-18,21,23,26-29H2,1-2H3,(H,50,51)(H2,44,45,46)/t33-,35?,37+,38+,39+,41-/m1/s1. The zero-order valence-corrected chi connectivity index (χ0v) is 34.7. The number of ether oxygens (including phenoxy) is 3. The van der Waals surface area contributed by atoms with Crippen LogP contribution < -0.4 is 5.73 Å². The Kier molecular flexibility index (Phi) is 20.0. The van der Waals surface area contributed by atoms with Crippen LogP contribution in [0.1, 0.15) is 134 Å². The van der Waals surface area contributed by atoms with E-state index in [0.29, 0.717) is 18.7 Å². The molecule has 0 spiro atoms. The smallest absolute Gasteiger partial charge is 0.387 e. The first-order valence-electron chi connectivity index (χ1n) is 20.9. The van der Waals surface area contributed by atoms with E-state index in [0.717, 1.165) is 25.3 Å². The molecule has 3 heterocycles. The first-order valence-corrected chi connectivity index (χ1v) is 22.4. The Labute approximate surface area is 337 Å². The van der Waals surface area contributed by atoms with Gasteiger partial charge in [0.25, 0.3) is 0 Å². The number of hydrazone groups is 1. The molecule has 0 aliphatic carbocycles. The van der Waals surface area contributed by atoms with Gasteiger partial charge < -0.3 is 35.1 Å². The molecule has 0 saturated carbocycles. The van der Waals surface area contributed by atoms with Gasteiger partial charge in [-0.15, -0.1) is 0 Å². The van der Waals surface area contributed by atoms with E-state index in [9.17, 15) is 24.1 Å². The van der Waals surface area contributed by atoms with Gasteiger partial charge in [-0.2, -0.15) is 10.4 Å². The fourth-order valence-electron chi connectivity index (χ4n) is 7.35. The molecule has 1 fully saturated rings. The lowest BCUT2D eigenvalue weighted by Gasteiger charge is -2.32. The molecule has 0 radical (unpaired) electrons. The second kappa shape index (κ2) is 24.3. The maximum Gasteiger partial charge on any atom is 0.472 e. The van der Waals surface area contributed by atoms with Gasteiger partial charge in [0.15, 0.2) is 5.84 Å². The molecule has 0 bridgehead atoms. The number of nitrogens with two attached hydrogens (primary N) is 1. The SMILES string of the molecule is CCCCCCCCCCCCCCCCCCOC[C@H](COP(=O)(O)OC[C@@]1(C)O[C@@H](C2CC=C3C(N)=NC=NN32)[C@H](O)[C@@H]1O)OCc1ccc(C#N)cc1F. The molecule has 1 aromatic carbocycles. The van der Waals surface area contributed by atoms with Gasteiger partial charge in [-0.25, -0.2) is 13.9 Å². The summed E-state index contributed by atoms with van der Waals surface area (Å²) in [7, 11) is -4.75. The third-order valence-electron chi connectivity index (χ3n) is 10.9. The highest BCUT2D eigenvalue weighted by molar-refractivity contribution is 7.47. The Hall–Kier alpha value is -2.77. The number of fused-ring (bicyclic) bond motifs is 1. The average Bonchev–Trinajstić information content (AvgIpc) is 3.73. The molecule has 16 heteroatoms. The number of aliphatic hydroxyl groups excluding tert-OH is 2. The van der Waals surface area contributed by atoms with Crippen LogP contribution in [-0.4, -0.2) is 94.8 Å². The first kappa shape index (κ1) is 46.9. The predicted octanol–water partition coefficient (Wildman–Crippen LogP) is 7.15. The number of phosphoric acid groups is 1. The number of hydrogen-bond donors (Lipinski definition) is 4. The Morgan fingerprint density at radius 1 is 1.02 bits per heavy atom. The lowest BCUT2D eigenvalue weighted by Crippen LogP contribution is -2.46. The van der Waals surface area contributed by atoms with Crippen molar-refractivity contribution in [2.24, 2.45) is 15.8 Å². The van der Waals surface area contributed by atoms with E-state index in [4.69, 9.17) is 34.3 Å². The normalized spacial score (nSPS) is 24.5. The lowest BCUT2D eigenvalue weighted by molar-refractivity contribution is -0.111. The van der Waals surface area contributed by atoms with Crippen molar-refractivity contribution in [3.8, 4) is 6.07 Å². The summed E-state index contributed by atoms with van der Waals surface area (Å²) in [4.78, 5) is 14.6. The molecule has 0 amide bonds. The van der Waals surface area contributed by atoms with E-state index in [-0.39, 0.29) is 30.2 Å². The van der Waals surface area contributed by atoms with Crippen molar-refractivity contribution in [2.75, 3.05) is 26.4 Å². The third-order valence-corrected chi connectivity index (χ3v) is 11.8. The minimum Gasteiger partial charge on any atom is -0.387 e. The molecule has 5 N–H and O–H groups in total. The number of aliphatic imine (C=N–C) groups is 1. The summed E-state index contributed by atoms with van der Waals surface area (Å²) in [5.74, 6) is -0.351. The molecule has 7 atom stereocenters. The fourth-order valence-corrected chi connectivity index (χ4v) is 8.20. The van der Waals surface area contributed by atoms with Crippen LogP contribution in [-0.2, 0) is 34.4 Å². The Balaban J connectivity index is 1.17. The van der Waals surface area contributed by atoms with E-state index in [1.807, 2.05) is 12.1 Å². The van der Waals surface area contributed by atoms with Gasteiger partial charge in [0.2, 0.25) is 0 Å². The number of rotatable bonds is 29. The zero-order valence-electron chi connectivity index (χ0n) is 33.8. The second-order valence-electron chi connectivity index (χ2n) is 15.6. The quantitative estimate of drug-likeness (QED) is 0.0471. The number of hydrogen-bond acceptors (Lipinski definition) is 13. The van der Waals surface area contributed by atoms with Gasteiger partial charge in [-0.1, -0.05) is 115 Å². The summed E-state index contributed by atoms with van der Waals surface area (Å²) >= 11 is 0. The number of benzene rings is 1. The van der Waals surface area contributed by atoms with E-state index in [2.05, 4.69) is 17.0 Å². The van der Waals surface area contributed by atoms with Crippen LogP contribution in [0.25, 0.3) is 0 Å². The molecule has 1 saturated heterocycles. The van der Waals surface area contributed by atoms with Crippen molar-refractivity contribution in [1.29, 1.82) is 5.26 Å². The monoisotopic (exact) mass is 821 g/mol. The molecule has 4 rings (SSSR count). The zero-order chi connectivity index (χ0) is 41.1. The summed E-state index contributed by atoms with van der Waals surface area (Å²) in [5.41, 5.74) is 5.32. The number of nitriles is 1. The summed E-state index contributed by atoms with van der Waals surface area (Å²) in [5, 5.41) is 36.8. The van der Waals surface area contributed by atoms with Crippen LogP contribution in [0.15, 0.2) is 40.1 Å². The maximum absolute atomic E-state index is 14.6. The molecule has 57 heavy (non-hydrogen) atoms. The molecule has 3 aliphatic rings. The molecule has 0 aromatic heterocycles. The van der Waals surface area contributed by atoms with Gasteiger partial charge in [0.05, 0.1) is 49.8 Å². The Morgan fingerprint density at radius 2 is 1.65 bits per heavy atom. The summed E-state index contributed by atoms with van der Waals surface area (Å²) < 4.78 is 56.0. The number of unbranched alkanes of at least 4 members (excludes halogenated alkanes) is 15. The van der Waals surface area contributed by atoms with Crippen molar-refractivity contribution < 1.29 is 47.3 Å². The Bertz CT molecular complexity index is 1560. The van der Waals surface area contributed by atoms with Crippen molar-refractivity contribution in [1.82, 2.24) is 5.01 Å². The van der Waals surface area contributed by atoms with Crippen molar-refractivity contribution in [3.63, 3.8) is 0 Å². The van der Waals surface area contributed by atoms with Gasteiger partial charge in [0.1, 0.15) is 42.2 Å². The highest BCUT2D eigenvalue weighted by Crippen LogP contribution is 2.47. The van der Waals surface area contributed by atoms with E-state index < -0.39 is 62.9 Å². The minimum absolute atomic E-state index is 0.00959. The number of phosphoric ester groups is 1. The van der Waals surface area contributed by atoms with Crippen LogP contribution in [0.4, 0.5) is 4.39 Å². The van der Waals surface area contributed by atoms with Crippen LogP contribution in [0.5, 0.6) is 0 Å². The third kappa shape index (κ3) is 15.1. The molecule has 14 nitrogen and oxygen atoms in total. The molecule has 3 aliphatic heterocycles. The molecular formula is C41H65FN5O9P. The molecule has 2 unspecified atom stereocenters. The van der Waals surface area contributed by atoms with Crippen LogP contribution in [0, 0.1) is 17.1 Å². The number of aliphatic hydroxyl groups is 2. The maximum atomic E-state index is 14.6. The second-order valence-corrected chi connectivity index (χ2v) is 17.0. The summed E-state index contributed by atoms with van der Waals surface area (Å²) in [6.07, 6.45) is 19.1. The molecule has 1 aromatic rings. The lowest BCUT2D eigenvalue weighted by atomic mass is 9.95. The molecule has 320 valence electrons. The minimum atomic E-state index is -4.75. The van der Waals surface area contributed by atoms with Crippen LogP contribution in [0.2, 0.25) is 0 Å². The Morgan fingerprint density at radius 3 is 2.26 bits per heavy atom. The van der Waals surface area contributed by atoms with E-state index in [1.165, 1.54) is 109 Å². The average molecular weight is 822 g/mol. The highest BCUT2D eigenvalue weighted by Gasteiger charge is 2.56. The highest BCUT2D eigenvalue weighted by atomic mass is 31.2. The predicted molar refractivity (Wildman–Crippen MR) is 216 cm³/mol. The largest absolute Gasteiger partial charge is 0.472 e. The van der Waals surface area contributed by atoms with Crippen molar-refractivity contribution in [2.45, 2.75) is 166 Å². The fraction of sp³-hybridized carbons (Fsp3) is 0.732. The summed E-state index contributed by atoms with van der Waals surface area (Å²) in [6, 6.07) is 5.42. The number of halogens is 1. The summed E-state index contributed by atoms with van der Waals surface area (Å²) in [6.45, 7) is 2.96. The van der Waals surface area contributed by atoms with Crippen molar-refractivity contribution in [3.05, 3.63) is 46.9 Å².